The summed E-state index contributed by atoms with van der Waals surface area (Å²) in [4.78, 5) is 19.1. The van der Waals surface area contributed by atoms with Crippen LogP contribution in [0.2, 0.25) is 0 Å². The van der Waals surface area contributed by atoms with Crippen LogP contribution in [0, 0.1) is 6.92 Å². The van der Waals surface area contributed by atoms with Crippen LogP contribution in [0.1, 0.15) is 31.4 Å². The number of benzene rings is 1. The number of aryl methyl sites for hydroxylation is 1. The van der Waals surface area contributed by atoms with Gasteiger partial charge in [0.1, 0.15) is 0 Å². The van der Waals surface area contributed by atoms with Gasteiger partial charge >= 0.3 is 6.03 Å². The van der Waals surface area contributed by atoms with Gasteiger partial charge in [0.25, 0.3) is 0 Å². The Labute approximate surface area is 126 Å². The standard InChI is InChI=1S/C16H23N3O2/c1-4-17-16(20)19(5-2)11-13-10-15(18-21-13)14-9-7-6-8-12(14)3/h6-9,13H,4-5,10-11H2,1-3H3,(H,17,20)/t13-/m0/s1. The average Bonchev–Trinajstić information content (AvgIpc) is 2.93. The first-order chi connectivity index (χ1) is 10.2. The summed E-state index contributed by atoms with van der Waals surface area (Å²) in [6.07, 6.45) is 0.669. The minimum Gasteiger partial charge on any atom is -0.390 e. The monoisotopic (exact) mass is 289 g/mol. The fraction of sp³-hybridized carbons (Fsp3) is 0.500. The summed E-state index contributed by atoms with van der Waals surface area (Å²) in [5, 5.41) is 7.02. The first kappa shape index (κ1) is 15.4. The van der Waals surface area contributed by atoms with E-state index in [1.165, 1.54) is 5.56 Å². The lowest BCUT2D eigenvalue weighted by atomic mass is 10.0. The van der Waals surface area contributed by atoms with Crippen LogP contribution in [0.15, 0.2) is 29.4 Å². The molecule has 2 rings (SSSR count). The van der Waals surface area contributed by atoms with Gasteiger partial charge in [-0.25, -0.2) is 4.79 Å². The third-order valence-electron chi connectivity index (χ3n) is 3.61. The van der Waals surface area contributed by atoms with Crippen LogP contribution in [-0.2, 0) is 4.84 Å². The van der Waals surface area contributed by atoms with Gasteiger partial charge in [0.15, 0.2) is 6.10 Å². The van der Waals surface area contributed by atoms with Crippen molar-refractivity contribution in [1.29, 1.82) is 0 Å². The van der Waals surface area contributed by atoms with Crippen molar-refractivity contribution in [2.45, 2.75) is 33.3 Å². The van der Waals surface area contributed by atoms with E-state index in [1.807, 2.05) is 26.0 Å². The van der Waals surface area contributed by atoms with Crippen LogP contribution in [-0.4, -0.2) is 42.4 Å². The average molecular weight is 289 g/mol. The minimum atomic E-state index is -0.0674. The molecule has 0 saturated heterocycles. The zero-order chi connectivity index (χ0) is 15.2. The fourth-order valence-electron chi connectivity index (χ4n) is 2.45. The molecule has 0 radical (unpaired) electrons. The number of nitrogens with zero attached hydrogens (tertiary/aromatic N) is 2. The van der Waals surface area contributed by atoms with Crippen molar-refractivity contribution < 1.29 is 9.63 Å². The maximum Gasteiger partial charge on any atom is 0.317 e. The van der Waals surface area contributed by atoms with E-state index in [-0.39, 0.29) is 12.1 Å². The predicted octanol–water partition coefficient (Wildman–Crippen LogP) is 2.54. The molecular weight excluding hydrogens is 266 g/mol. The van der Waals surface area contributed by atoms with E-state index in [0.29, 0.717) is 19.6 Å². The van der Waals surface area contributed by atoms with E-state index in [2.05, 4.69) is 29.5 Å². The molecule has 0 bridgehead atoms. The van der Waals surface area contributed by atoms with Crippen LogP contribution in [0.5, 0.6) is 0 Å². The minimum absolute atomic E-state index is 0.0482. The van der Waals surface area contributed by atoms with Gasteiger partial charge in [-0.3, -0.25) is 0 Å². The van der Waals surface area contributed by atoms with Crippen molar-refractivity contribution in [3.05, 3.63) is 35.4 Å². The maximum absolute atomic E-state index is 11.9. The quantitative estimate of drug-likeness (QED) is 0.905. The molecule has 5 nitrogen and oxygen atoms in total. The summed E-state index contributed by atoms with van der Waals surface area (Å²) in [6, 6.07) is 8.10. The topological polar surface area (TPSA) is 53.9 Å². The van der Waals surface area contributed by atoms with E-state index in [9.17, 15) is 4.79 Å². The predicted molar refractivity (Wildman–Crippen MR) is 83.5 cm³/mol. The van der Waals surface area contributed by atoms with Crippen molar-refractivity contribution in [1.82, 2.24) is 10.2 Å². The summed E-state index contributed by atoms with van der Waals surface area (Å²) in [6.45, 7) is 7.79. The van der Waals surface area contributed by atoms with Crippen LogP contribution in [0.4, 0.5) is 4.79 Å². The normalized spacial score (nSPS) is 17.1. The lowest BCUT2D eigenvalue weighted by Gasteiger charge is -2.23. The maximum atomic E-state index is 11.9. The van der Waals surface area contributed by atoms with Gasteiger partial charge in [0.05, 0.1) is 12.3 Å². The third-order valence-corrected chi connectivity index (χ3v) is 3.61. The van der Waals surface area contributed by atoms with Crippen molar-refractivity contribution in [3.63, 3.8) is 0 Å². The van der Waals surface area contributed by atoms with Gasteiger partial charge in [-0.1, -0.05) is 29.4 Å². The number of nitrogens with one attached hydrogen (secondary N) is 1. The number of carbonyl (C=O) groups is 1. The van der Waals surface area contributed by atoms with E-state index in [0.717, 1.165) is 17.7 Å². The molecule has 0 spiro atoms. The molecule has 1 aromatic carbocycles. The van der Waals surface area contributed by atoms with E-state index >= 15 is 0 Å². The highest BCUT2D eigenvalue weighted by Crippen LogP contribution is 2.20. The Morgan fingerprint density at radius 3 is 2.86 bits per heavy atom. The summed E-state index contributed by atoms with van der Waals surface area (Å²) in [5.41, 5.74) is 3.28. The van der Waals surface area contributed by atoms with Gasteiger partial charge < -0.3 is 15.1 Å². The second-order valence-electron chi connectivity index (χ2n) is 5.16. The first-order valence-electron chi connectivity index (χ1n) is 7.47. The van der Waals surface area contributed by atoms with Gasteiger partial charge in [-0.15, -0.1) is 0 Å². The second kappa shape index (κ2) is 7.11. The molecule has 1 N–H and O–H groups in total. The number of likely N-dealkylation sites (N-methyl/N-ethyl adjacent to an activating group) is 1. The Hall–Kier alpha value is -2.04. The number of hydrogen-bond donors (Lipinski definition) is 1. The Morgan fingerprint density at radius 1 is 1.43 bits per heavy atom. The van der Waals surface area contributed by atoms with Gasteiger partial charge in [0.2, 0.25) is 0 Å². The molecule has 0 fully saturated rings. The summed E-state index contributed by atoms with van der Waals surface area (Å²) in [5.74, 6) is 0. The van der Waals surface area contributed by atoms with Crippen molar-refractivity contribution in [3.8, 4) is 0 Å². The molecule has 2 amide bonds. The second-order valence-corrected chi connectivity index (χ2v) is 5.16. The highest BCUT2D eigenvalue weighted by Gasteiger charge is 2.26. The SMILES string of the molecule is CCNC(=O)N(CC)C[C@@H]1CC(c2ccccc2C)=NO1. The molecule has 0 aromatic heterocycles. The zero-order valence-corrected chi connectivity index (χ0v) is 12.9. The molecule has 1 heterocycles. The fourth-order valence-corrected chi connectivity index (χ4v) is 2.45. The molecule has 0 unspecified atom stereocenters. The number of urea groups is 1. The van der Waals surface area contributed by atoms with E-state index in [1.54, 1.807) is 4.90 Å². The molecule has 21 heavy (non-hydrogen) atoms. The molecule has 0 saturated carbocycles. The zero-order valence-electron chi connectivity index (χ0n) is 12.9. The molecule has 1 aromatic rings. The van der Waals surface area contributed by atoms with E-state index in [4.69, 9.17) is 4.84 Å². The van der Waals surface area contributed by atoms with Crippen LogP contribution >= 0.6 is 0 Å². The van der Waals surface area contributed by atoms with Crippen LogP contribution in [0.25, 0.3) is 0 Å². The highest BCUT2D eigenvalue weighted by atomic mass is 16.6. The number of amides is 2. The third kappa shape index (κ3) is 3.74. The van der Waals surface area contributed by atoms with Crippen molar-refractivity contribution in [2.24, 2.45) is 5.16 Å². The Morgan fingerprint density at radius 2 is 2.19 bits per heavy atom. The molecule has 1 aliphatic heterocycles. The lowest BCUT2D eigenvalue weighted by Crippen LogP contribution is -2.43. The number of carbonyl (C=O) groups excluding carboxylic acids is 1. The number of rotatable bonds is 5. The summed E-state index contributed by atoms with van der Waals surface area (Å²) < 4.78 is 0. The molecule has 1 aliphatic rings. The molecular formula is C16H23N3O2. The van der Waals surface area contributed by atoms with Gasteiger partial charge in [0, 0.05) is 25.1 Å². The summed E-state index contributed by atoms with van der Waals surface area (Å²) >= 11 is 0. The molecule has 114 valence electrons. The highest BCUT2D eigenvalue weighted by molar-refractivity contribution is 6.02. The Balaban J connectivity index is 1.95. The Kier molecular flexibility index (Phi) is 5.20. The lowest BCUT2D eigenvalue weighted by molar-refractivity contribution is 0.0617. The van der Waals surface area contributed by atoms with Crippen LogP contribution in [0.3, 0.4) is 0 Å². The van der Waals surface area contributed by atoms with E-state index < -0.39 is 0 Å². The number of hydrogen-bond acceptors (Lipinski definition) is 3. The van der Waals surface area contributed by atoms with Crippen LogP contribution < -0.4 is 5.32 Å². The molecule has 0 aliphatic carbocycles. The number of oxime groups is 1. The molecule has 5 heteroatoms. The summed E-state index contributed by atoms with van der Waals surface area (Å²) in [7, 11) is 0. The van der Waals surface area contributed by atoms with Crippen molar-refractivity contribution in [2.75, 3.05) is 19.6 Å². The van der Waals surface area contributed by atoms with Gasteiger partial charge in [-0.05, 0) is 26.3 Å². The largest absolute Gasteiger partial charge is 0.390 e. The Bertz CT molecular complexity index is 528. The first-order valence-corrected chi connectivity index (χ1v) is 7.47. The van der Waals surface area contributed by atoms with Crippen molar-refractivity contribution >= 4 is 11.7 Å². The molecule has 1 atom stereocenters. The smallest absolute Gasteiger partial charge is 0.317 e. The van der Waals surface area contributed by atoms with Gasteiger partial charge in [-0.2, -0.15) is 0 Å².